The smallest absolute Gasteiger partial charge is 0.263 e. The van der Waals surface area contributed by atoms with E-state index in [2.05, 4.69) is 21.5 Å². The van der Waals surface area contributed by atoms with Crippen LogP contribution in [0.2, 0.25) is 5.02 Å². The van der Waals surface area contributed by atoms with Crippen LogP contribution in [-0.2, 0) is 10.0 Å². The number of nitrogens with one attached hydrogen (secondary N) is 1. The van der Waals surface area contributed by atoms with Gasteiger partial charge in [0.2, 0.25) is 0 Å². The van der Waals surface area contributed by atoms with Crippen molar-refractivity contribution in [2.45, 2.75) is 24.7 Å². The van der Waals surface area contributed by atoms with E-state index in [1.165, 1.54) is 25.0 Å². The first kappa shape index (κ1) is 17.0. The minimum Gasteiger partial charge on any atom is -0.370 e. The number of nitrogens with zero attached hydrogens (tertiary/aromatic N) is 2. The molecule has 1 aliphatic heterocycles. The first-order valence-corrected chi connectivity index (χ1v) is 9.79. The summed E-state index contributed by atoms with van der Waals surface area (Å²) < 4.78 is 27.2. The van der Waals surface area contributed by atoms with E-state index in [0.717, 1.165) is 18.8 Å². The third kappa shape index (κ3) is 3.99. The van der Waals surface area contributed by atoms with Crippen LogP contribution in [0.1, 0.15) is 19.8 Å². The second kappa shape index (κ2) is 6.99. The van der Waals surface area contributed by atoms with Crippen LogP contribution in [0.25, 0.3) is 0 Å². The normalized spacial score (nSPS) is 18.4. The summed E-state index contributed by atoms with van der Waals surface area (Å²) in [4.78, 5) is 6.69. The van der Waals surface area contributed by atoms with Crippen LogP contribution in [-0.4, -0.2) is 26.5 Å². The first-order valence-electron chi connectivity index (χ1n) is 7.93. The molecule has 2 aromatic rings. The van der Waals surface area contributed by atoms with Crippen molar-refractivity contribution in [3.63, 3.8) is 0 Å². The van der Waals surface area contributed by atoms with E-state index in [1.807, 2.05) is 6.07 Å². The third-order valence-electron chi connectivity index (χ3n) is 4.13. The van der Waals surface area contributed by atoms with Gasteiger partial charge in [-0.25, -0.2) is 13.4 Å². The zero-order valence-electron chi connectivity index (χ0n) is 13.4. The van der Waals surface area contributed by atoms with Crippen molar-refractivity contribution >= 4 is 33.1 Å². The lowest BCUT2D eigenvalue weighted by molar-refractivity contribution is 0.446. The number of benzene rings is 1. The van der Waals surface area contributed by atoms with Gasteiger partial charge in [0.15, 0.2) is 0 Å². The van der Waals surface area contributed by atoms with Crippen LogP contribution in [0.4, 0.5) is 11.5 Å². The predicted octanol–water partition coefficient (Wildman–Crippen LogP) is 3.77. The molecule has 0 radical (unpaired) electrons. The number of piperidine rings is 1. The first-order chi connectivity index (χ1) is 11.4. The summed E-state index contributed by atoms with van der Waals surface area (Å²) in [6, 6.07) is 9.63. The Morgan fingerprint density at radius 3 is 2.58 bits per heavy atom. The maximum absolute atomic E-state index is 12.3. The maximum Gasteiger partial charge on any atom is 0.263 e. The number of hydrogen-bond donors (Lipinski definition) is 1. The fraction of sp³-hybridized carbons (Fsp3) is 0.353. The fourth-order valence-electron chi connectivity index (χ4n) is 2.87. The summed E-state index contributed by atoms with van der Waals surface area (Å²) in [5, 5.41) is 0.493. The highest BCUT2D eigenvalue weighted by molar-refractivity contribution is 7.92. The molecular formula is C17H20ClN3O2S. The number of pyridine rings is 1. The summed E-state index contributed by atoms with van der Waals surface area (Å²) in [6.45, 7) is 4.27. The number of rotatable bonds is 4. The quantitative estimate of drug-likeness (QED) is 0.895. The lowest BCUT2D eigenvalue weighted by Gasteiger charge is -2.32. The van der Waals surface area contributed by atoms with Crippen LogP contribution in [0.5, 0.6) is 0 Å². The average molecular weight is 366 g/mol. The zero-order valence-corrected chi connectivity index (χ0v) is 15.0. The minimum absolute atomic E-state index is 0.155. The van der Waals surface area contributed by atoms with Gasteiger partial charge in [-0.3, -0.25) is 4.72 Å². The second-order valence-electron chi connectivity index (χ2n) is 6.15. The Hall–Kier alpha value is -1.79. The summed E-state index contributed by atoms with van der Waals surface area (Å²) in [5.74, 6) is 0.973. The van der Waals surface area contributed by atoms with Crippen LogP contribution in [0.3, 0.4) is 0 Å². The Bertz CT molecular complexity index is 792. The number of aromatic nitrogens is 1. The number of halogens is 1. The molecule has 1 aromatic heterocycles. The van der Waals surface area contributed by atoms with Crippen molar-refractivity contribution in [3.05, 3.63) is 47.6 Å². The van der Waals surface area contributed by atoms with Gasteiger partial charge in [0, 0.05) is 18.1 Å². The number of anilines is 2. The Kier molecular flexibility index (Phi) is 4.96. The van der Waals surface area contributed by atoms with E-state index >= 15 is 0 Å². The van der Waals surface area contributed by atoms with Crippen molar-refractivity contribution < 1.29 is 8.42 Å². The van der Waals surface area contributed by atoms with Gasteiger partial charge in [-0.2, -0.15) is 0 Å². The van der Waals surface area contributed by atoms with E-state index in [0.29, 0.717) is 16.8 Å². The van der Waals surface area contributed by atoms with Crippen LogP contribution in [0.15, 0.2) is 47.5 Å². The van der Waals surface area contributed by atoms with Crippen molar-refractivity contribution in [2.24, 2.45) is 5.92 Å². The van der Waals surface area contributed by atoms with Crippen molar-refractivity contribution in [1.82, 2.24) is 4.98 Å². The molecule has 0 aliphatic carbocycles. The maximum atomic E-state index is 12.3. The van der Waals surface area contributed by atoms with Gasteiger partial charge in [0.05, 0.1) is 16.8 Å². The molecule has 1 unspecified atom stereocenters. The van der Waals surface area contributed by atoms with Crippen molar-refractivity contribution in [3.8, 4) is 0 Å². The highest BCUT2D eigenvalue weighted by Gasteiger charge is 2.18. The van der Waals surface area contributed by atoms with Crippen LogP contribution >= 0.6 is 11.6 Å². The molecule has 7 heteroatoms. The third-order valence-corrected chi connectivity index (χ3v) is 5.76. The molecule has 2 heterocycles. The molecule has 1 N–H and O–H groups in total. The minimum atomic E-state index is -3.66. The lowest BCUT2D eigenvalue weighted by Crippen LogP contribution is -2.34. The average Bonchev–Trinajstić information content (AvgIpc) is 2.55. The molecule has 1 aliphatic rings. The summed E-state index contributed by atoms with van der Waals surface area (Å²) in [7, 11) is -3.66. The van der Waals surface area contributed by atoms with E-state index in [9.17, 15) is 8.42 Å². The molecule has 3 rings (SSSR count). The van der Waals surface area contributed by atoms with E-state index in [1.54, 1.807) is 24.4 Å². The predicted molar refractivity (Wildman–Crippen MR) is 97.1 cm³/mol. The van der Waals surface area contributed by atoms with E-state index in [4.69, 9.17) is 11.6 Å². The molecule has 1 fully saturated rings. The molecule has 128 valence electrons. The molecule has 24 heavy (non-hydrogen) atoms. The molecule has 1 aromatic carbocycles. The largest absolute Gasteiger partial charge is 0.370 e. The van der Waals surface area contributed by atoms with E-state index in [-0.39, 0.29) is 4.90 Å². The molecule has 0 amide bonds. The number of sulfonamides is 1. The number of hydrogen-bond acceptors (Lipinski definition) is 4. The lowest BCUT2D eigenvalue weighted by atomic mass is 10.00. The van der Waals surface area contributed by atoms with Gasteiger partial charge in [0.1, 0.15) is 5.82 Å². The van der Waals surface area contributed by atoms with E-state index < -0.39 is 10.0 Å². The molecule has 0 bridgehead atoms. The molecule has 1 atom stereocenters. The Balaban J connectivity index is 1.72. The molecule has 5 nitrogen and oxygen atoms in total. The monoisotopic (exact) mass is 365 g/mol. The summed E-state index contributed by atoms with van der Waals surface area (Å²) in [6.07, 6.45) is 4.15. The standard InChI is InChI=1S/C17H20ClN3O2S/c1-13-3-2-10-21(12-13)15-6-9-17(19-11-15)20-24(22,23)16-7-4-14(18)5-8-16/h4-9,11,13H,2-3,10,12H2,1H3,(H,19,20). The second-order valence-corrected chi connectivity index (χ2v) is 8.27. The van der Waals surface area contributed by atoms with Gasteiger partial charge >= 0.3 is 0 Å². The van der Waals surface area contributed by atoms with Crippen molar-refractivity contribution in [2.75, 3.05) is 22.7 Å². The molecular weight excluding hydrogens is 346 g/mol. The van der Waals surface area contributed by atoms with Gasteiger partial charge in [-0.15, -0.1) is 0 Å². The molecule has 0 spiro atoms. The fourth-order valence-corrected chi connectivity index (χ4v) is 4.00. The van der Waals surface area contributed by atoms with Crippen LogP contribution < -0.4 is 9.62 Å². The van der Waals surface area contributed by atoms with Gasteiger partial charge in [-0.1, -0.05) is 18.5 Å². The summed E-state index contributed by atoms with van der Waals surface area (Å²) >= 11 is 5.79. The van der Waals surface area contributed by atoms with Gasteiger partial charge in [0.25, 0.3) is 10.0 Å². The van der Waals surface area contributed by atoms with Gasteiger partial charge in [-0.05, 0) is 55.2 Å². The van der Waals surface area contributed by atoms with Gasteiger partial charge < -0.3 is 4.90 Å². The Labute approximate surface area is 147 Å². The SMILES string of the molecule is CC1CCCN(c2ccc(NS(=O)(=O)c3ccc(Cl)cc3)nc2)C1. The highest BCUT2D eigenvalue weighted by Crippen LogP contribution is 2.24. The molecule has 1 saturated heterocycles. The topological polar surface area (TPSA) is 62.3 Å². The van der Waals surface area contributed by atoms with Crippen molar-refractivity contribution in [1.29, 1.82) is 0 Å². The molecule has 0 saturated carbocycles. The zero-order chi connectivity index (χ0) is 17.2. The highest BCUT2D eigenvalue weighted by atomic mass is 35.5. The Morgan fingerprint density at radius 1 is 1.21 bits per heavy atom. The summed E-state index contributed by atoms with van der Waals surface area (Å²) in [5.41, 5.74) is 1.02. The van der Waals surface area contributed by atoms with Crippen LogP contribution in [0, 0.1) is 5.92 Å². The Morgan fingerprint density at radius 2 is 1.96 bits per heavy atom.